The van der Waals surface area contributed by atoms with Crippen LogP contribution in [0.5, 0.6) is 0 Å². The van der Waals surface area contributed by atoms with Gasteiger partial charge < -0.3 is 4.52 Å². The second-order valence-electron chi connectivity index (χ2n) is 4.24. The van der Waals surface area contributed by atoms with Gasteiger partial charge in [0.2, 0.25) is 0 Å². The molecule has 100 valence electrons. The van der Waals surface area contributed by atoms with Crippen LogP contribution < -0.4 is 5.43 Å². The Bertz CT molecular complexity index is 587. The predicted octanol–water partition coefficient (Wildman–Crippen LogP) is 3.52. The zero-order valence-electron chi connectivity index (χ0n) is 11.2. The van der Waals surface area contributed by atoms with E-state index in [9.17, 15) is 4.39 Å². The molecule has 19 heavy (non-hydrogen) atoms. The molecule has 0 amide bonds. The molecule has 0 spiro atoms. The fourth-order valence-corrected chi connectivity index (χ4v) is 1.85. The number of rotatable bonds is 4. The summed E-state index contributed by atoms with van der Waals surface area (Å²) in [4.78, 5) is 0. The molecule has 0 bridgehead atoms. The Morgan fingerprint density at radius 2 is 2.05 bits per heavy atom. The highest BCUT2D eigenvalue weighted by Gasteiger charge is 2.13. The van der Waals surface area contributed by atoms with Crippen molar-refractivity contribution < 1.29 is 8.91 Å². The van der Waals surface area contributed by atoms with Crippen LogP contribution in [-0.4, -0.2) is 10.9 Å². The fraction of sp³-hybridized carbons (Fsp3) is 0.286. The van der Waals surface area contributed by atoms with E-state index in [2.05, 4.69) is 15.7 Å². The summed E-state index contributed by atoms with van der Waals surface area (Å²) in [6.45, 7) is 5.77. The lowest BCUT2D eigenvalue weighted by Crippen LogP contribution is -2.03. The molecule has 0 saturated heterocycles. The third-order valence-corrected chi connectivity index (χ3v) is 2.81. The van der Waals surface area contributed by atoms with E-state index in [1.54, 1.807) is 12.1 Å². The summed E-state index contributed by atoms with van der Waals surface area (Å²) in [6, 6.07) is 6.03. The van der Waals surface area contributed by atoms with Crippen LogP contribution in [0.2, 0.25) is 0 Å². The first-order chi connectivity index (χ1) is 9.11. The number of aromatic nitrogens is 1. The molecule has 0 unspecified atom stereocenters. The number of nitrogens with one attached hydrogen (secondary N) is 1. The number of halogens is 1. The molecule has 0 fully saturated rings. The highest BCUT2D eigenvalue weighted by molar-refractivity contribution is 6.00. The average Bonchev–Trinajstić information content (AvgIpc) is 2.79. The van der Waals surface area contributed by atoms with Gasteiger partial charge in [-0.15, -0.1) is 0 Å². The number of anilines is 1. The molecule has 1 heterocycles. The van der Waals surface area contributed by atoms with Crippen LogP contribution in [0.1, 0.15) is 30.9 Å². The van der Waals surface area contributed by atoms with Crippen molar-refractivity contribution in [1.82, 2.24) is 5.16 Å². The lowest BCUT2D eigenvalue weighted by molar-refractivity contribution is 0.383. The molecule has 0 aliphatic carbocycles. The van der Waals surface area contributed by atoms with Crippen LogP contribution >= 0.6 is 0 Å². The SMILES string of the molecule is CCc1onc(C)c1C(C)=NNc1ccc(F)cc1. The molecule has 0 saturated carbocycles. The van der Waals surface area contributed by atoms with Crippen LogP contribution in [-0.2, 0) is 6.42 Å². The Balaban J connectivity index is 2.19. The van der Waals surface area contributed by atoms with E-state index in [1.807, 2.05) is 20.8 Å². The van der Waals surface area contributed by atoms with Gasteiger partial charge in [0.1, 0.15) is 11.6 Å². The molecule has 1 aromatic carbocycles. The smallest absolute Gasteiger partial charge is 0.145 e. The summed E-state index contributed by atoms with van der Waals surface area (Å²) < 4.78 is 18.0. The van der Waals surface area contributed by atoms with E-state index >= 15 is 0 Å². The summed E-state index contributed by atoms with van der Waals surface area (Å²) in [5.41, 5.74) is 6.16. The highest BCUT2D eigenvalue weighted by atomic mass is 19.1. The second-order valence-corrected chi connectivity index (χ2v) is 4.24. The number of nitrogens with zero attached hydrogens (tertiary/aromatic N) is 2. The van der Waals surface area contributed by atoms with Crippen molar-refractivity contribution in [2.45, 2.75) is 27.2 Å². The van der Waals surface area contributed by atoms with Crippen molar-refractivity contribution in [3.05, 3.63) is 47.1 Å². The van der Waals surface area contributed by atoms with Gasteiger partial charge in [0.05, 0.1) is 22.7 Å². The Morgan fingerprint density at radius 1 is 1.37 bits per heavy atom. The molecule has 2 rings (SSSR count). The van der Waals surface area contributed by atoms with Crippen LogP contribution in [0.4, 0.5) is 10.1 Å². The number of hydrogen-bond donors (Lipinski definition) is 1. The fourth-order valence-electron chi connectivity index (χ4n) is 1.85. The zero-order chi connectivity index (χ0) is 13.8. The number of hydrogen-bond acceptors (Lipinski definition) is 4. The van der Waals surface area contributed by atoms with Crippen LogP contribution in [0, 0.1) is 12.7 Å². The maximum atomic E-state index is 12.8. The number of hydrazone groups is 1. The molecule has 1 N–H and O–H groups in total. The summed E-state index contributed by atoms with van der Waals surface area (Å²) in [7, 11) is 0. The van der Waals surface area contributed by atoms with Gasteiger partial charge in [-0.2, -0.15) is 5.10 Å². The number of aryl methyl sites for hydroxylation is 2. The Kier molecular flexibility index (Phi) is 3.94. The van der Waals surface area contributed by atoms with Gasteiger partial charge >= 0.3 is 0 Å². The summed E-state index contributed by atoms with van der Waals surface area (Å²) in [5.74, 6) is 0.550. The Hall–Kier alpha value is -2.17. The summed E-state index contributed by atoms with van der Waals surface area (Å²) in [5, 5.41) is 8.22. The lowest BCUT2D eigenvalue weighted by Gasteiger charge is -2.03. The quantitative estimate of drug-likeness (QED) is 0.676. The molecule has 0 aliphatic rings. The van der Waals surface area contributed by atoms with Gasteiger partial charge in [0.15, 0.2) is 0 Å². The lowest BCUT2D eigenvalue weighted by atomic mass is 10.1. The van der Waals surface area contributed by atoms with E-state index in [0.717, 1.165) is 34.8 Å². The minimum Gasteiger partial charge on any atom is -0.360 e. The highest BCUT2D eigenvalue weighted by Crippen LogP contribution is 2.16. The molecule has 0 aliphatic heterocycles. The van der Waals surface area contributed by atoms with Crippen LogP contribution in [0.15, 0.2) is 33.9 Å². The standard InChI is InChI=1S/C14H16FN3O/c1-4-13-14(10(3)18-19-13)9(2)16-17-12-7-5-11(15)6-8-12/h5-8,17H,4H2,1-3H3. The largest absolute Gasteiger partial charge is 0.360 e. The van der Waals surface area contributed by atoms with Crippen LogP contribution in [0.3, 0.4) is 0 Å². The number of benzene rings is 1. The third-order valence-electron chi connectivity index (χ3n) is 2.81. The van der Waals surface area contributed by atoms with Gasteiger partial charge in [0.25, 0.3) is 0 Å². The zero-order valence-corrected chi connectivity index (χ0v) is 11.2. The molecular weight excluding hydrogens is 245 g/mol. The van der Waals surface area contributed by atoms with E-state index in [0.29, 0.717) is 0 Å². The first-order valence-corrected chi connectivity index (χ1v) is 6.13. The summed E-state index contributed by atoms with van der Waals surface area (Å²) >= 11 is 0. The monoisotopic (exact) mass is 261 g/mol. The van der Waals surface area contributed by atoms with Gasteiger partial charge in [-0.25, -0.2) is 4.39 Å². The van der Waals surface area contributed by atoms with Gasteiger partial charge in [-0.3, -0.25) is 5.43 Å². The Labute approximate surface area is 111 Å². The maximum Gasteiger partial charge on any atom is 0.145 e. The van der Waals surface area contributed by atoms with Crippen molar-refractivity contribution in [2.75, 3.05) is 5.43 Å². The van der Waals surface area contributed by atoms with Gasteiger partial charge in [0, 0.05) is 6.42 Å². The first kappa shape index (κ1) is 13.3. The van der Waals surface area contributed by atoms with E-state index in [4.69, 9.17) is 4.52 Å². The van der Waals surface area contributed by atoms with Crippen LogP contribution in [0.25, 0.3) is 0 Å². The van der Waals surface area contributed by atoms with Crippen molar-refractivity contribution in [3.63, 3.8) is 0 Å². The molecule has 1 aromatic heterocycles. The van der Waals surface area contributed by atoms with Gasteiger partial charge in [-0.1, -0.05) is 12.1 Å². The topological polar surface area (TPSA) is 50.4 Å². The minimum absolute atomic E-state index is 0.269. The molecule has 0 radical (unpaired) electrons. The van der Waals surface area contributed by atoms with E-state index in [-0.39, 0.29) is 5.82 Å². The third kappa shape index (κ3) is 2.99. The average molecular weight is 261 g/mol. The molecule has 0 atom stereocenters. The molecular formula is C14H16FN3O. The molecule has 2 aromatic rings. The normalized spacial score (nSPS) is 11.7. The van der Waals surface area contributed by atoms with Gasteiger partial charge in [-0.05, 0) is 38.1 Å². The van der Waals surface area contributed by atoms with Crippen molar-refractivity contribution in [2.24, 2.45) is 5.10 Å². The minimum atomic E-state index is -0.269. The molecule has 5 heteroatoms. The Morgan fingerprint density at radius 3 is 2.68 bits per heavy atom. The summed E-state index contributed by atoms with van der Waals surface area (Å²) in [6.07, 6.45) is 0.763. The van der Waals surface area contributed by atoms with Crippen molar-refractivity contribution in [1.29, 1.82) is 0 Å². The second kappa shape index (κ2) is 5.65. The molecule has 4 nitrogen and oxygen atoms in total. The van der Waals surface area contributed by atoms with Crippen molar-refractivity contribution in [3.8, 4) is 0 Å². The first-order valence-electron chi connectivity index (χ1n) is 6.13. The van der Waals surface area contributed by atoms with Crippen molar-refractivity contribution >= 4 is 11.4 Å². The predicted molar refractivity (Wildman–Crippen MR) is 72.9 cm³/mol. The van der Waals surface area contributed by atoms with E-state index < -0.39 is 0 Å². The van der Waals surface area contributed by atoms with E-state index in [1.165, 1.54) is 12.1 Å². The maximum absolute atomic E-state index is 12.8.